The first kappa shape index (κ1) is 21.8. The second-order valence-electron chi connectivity index (χ2n) is 8.99. The van der Waals surface area contributed by atoms with E-state index in [0.29, 0.717) is 17.2 Å². The first-order chi connectivity index (χ1) is 13.9. The number of thiophene rings is 1. The summed E-state index contributed by atoms with van der Waals surface area (Å²) in [5.74, 6) is 0.307. The van der Waals surface area contributed by atoms with E-state index in [4.69, 9.17) is 14.5 Å². The fourth-order valence-electron chi connectivity index (χ4n) is 2.79. The van der Waals surface area contributed by atoms with Crippen molar-refractivity contribution >= 4 is 40.7 Å². The highest BCUT2D eigenvalue weighted by atomic mass is 32.1. The Morgan fingerprint density at radius 3 is 2.07 bits per heavy atom. The molecule has 1 aliphatic heterocycles. The van der Waals surface area contributed by atoms with Crippen molar-refractivity contribution in [3.05, 3.63) is 46.2 Å². The van der Waals surface area contributed by atoms with Gasteiger partial charge in [0.05, 0.1) is 16.3 Å². The van der Waals surface area contributed by atoms with E-state index < -0.39 is 23.4 Å². The molecule has 0 radical (unpaired) electrons. The molecule has 0 spiro atoms. The molecule has 0 saturated heterocycles. The number of hydrogen-bond donors (Lipinski definition) is 0. The number of amidine groups is 1. The maximum Gasteiger partial charge on any atom is 0.436 e. The van der Waals surface area contributed by atoms with Crippen LogP contribution in [-0.4, -0.2) is 34.2 Å². The highest BCUT2D eigenvalue weighted by Gasteiger charge is 2.41. The van der Waals surface area contributed by atoms with Gasteiger partial charge in [0.25, 0.3) is 0 Å². The largest absolute Gasteiger partial charge is 0.442 e. The minimum atomic E-state index is -0.760. The molecule has 2 aromatic rings. The van der Waals surface area contributed by atoms with Crippen molar-refractivity contribution < 1.29 is 19.1 Å². The Morgan fingerprint density at radius 2 is 1.53 bits per heavy atom. The summed E-state index contributed by atoms with van der Waals surface area (Å²) < 4.78 is 11.3. The van der Waals surface area contributed by atoms with E-state index in [-0.39, 0.29) is 0 Å². The topological polar surface area (TPSA) is 71.4 Å². The summed E-state index contributed by atoms with van der Waals surface area (Å²) in [6, 6.07) is 9.23. The Labute approximate surface area is 180 Å². The van der Waals surface area contributed by atoms with Crippen molar-refractivity contribution in [2.45, 2.75) is 59.7 Å². The van der Waals surface area contributed by atoms with Crippen molar-refractivity contribution in [2.75, 3.05) is 5.01 Å². The zero-order valence-corrected chi connectivity index (χ0v) is 19.2. The maximum absolute atomic E-state index is 13.3. The molecule has 30 heavy (non-hydrogen) atoms. The molecule has 0 bridgehead atoms. The predicted octanol–water partition coefficient (Wildman–Crippen LogP) is 6.04. The maximum atomic E-state index is 13.3. The summed E-state index contributed by atoms with van der Waals surface area (Å²) in [5, 5.41) is 4.25. The normalized spacial score (nSPS) is 14.2. The van der Waals surface area contributed by atoms with Crippen LogP contribution in [0, 0.1) is 6.92 Å². The average molecular weight is 430 g/mol. The average Bonchev–Trinajstić information content (AvgIpc) is 3.11. The third-order valence-electron chi connectivity index (χ3n) is 3.86. The van der Waals surface area contributed by atoms with Crippen LogP contribution >= 0.6 is 11.3 Å². The Kier molecular flexibility index (Phi) is 5.64. The lowest BCUT2D eigenvalue weighted by Crippen LogP contribution is -2.57. The Balaban J connectivity index is 2.20. The quantitative estimate of drug-likeness (QED) is 0.554. The lowest BCUT2D eigenvalue weighted by atomic mass is 10.1. The number of hydrazine groups is 1. The Bertz CT molecular complexity index is 985. The monoisotopic (exact) mass is 429 g/mol. The number of rotatable bonds is 1. The van der Waals surface area contributed by atoms with Crippen molar-refractivity contribution in [3.63, 3.8) is 0 Å². The molecular weight excluding hydrogens is 402 g/mol. The third-order valence-corrected chi connectivity index (χ3v) is 4.73. The van der Waals surface area contributed by atoms with Gasteiger partial charge in [-0.05, 0) is 77.6 Å². The van der Waals surface area contributed by atoms with Crippen LogP contribution in [0.5, 0.6) is 0 Å². The number of aliphatic imine (C=N–C) groups is 1. The molecule has 0 fully saturated rings. The van der Waals surface area contributed by atoms with Gasteiger partial charge in [0.15, 0.2) is 5.84 Å². The van der Waals surface area contributed by atoms with Gasteiger partial charge in [0.1, 0.15) is 11.2 Å². The summed E-state index contributed by atoms with van der Waals surface area (Å²) in [6.07, 6.45) is -1.41. The van der Waals surface area contributed by atoms with Crippen molar-refractivity contribution in [2.24, 2.45) is 4.99 Å². The van der Waals surface area contributed by atoms with Crippen LogP contribution in [0.2, 0.25) is 0 Å². The van der Waals surface area contributed by atoms with Gasteiger partial charge in [-0.15, -0.1) is 11.3 Å². The van der Waals surface area contributed by atoms with E-state index in [1.165, 1.54) is 16.3 Å². The molecule has 2 heterocycles. The van der Waals surface area contributed by atoms with Crippen molar-refractivity contribution in [1.82, 2.24) is 5.01 Å². The molecule has 0 N–H and O–H groups in total. The van der Waals surface area contributed by atoms with Crippen LogP contribution in [0.4, 0.5) is 21.0 Å². The number of benzene rings is 1. The van der Waals surface area contributed by atoms with E-state index in [9.17, 15) is 9.59 Å². The molecule has 7 nitrogen and oxygen atoms in total. The highest BCUT2D eigenvalue weighted by Crippen LogP contribution is 2.38. The van der Waals surface area contributed by atoms with E-state index >= 15 is 0 Å². The molecule has 160 valence electrons. The molecular formula is C22H27N3O4S. The summed E-state index contributed by atoms with van der Waals surface area (Å²) in [4.78, 5) is 32.0. The minimum Gasteiger partial charge on any atom is -0.442 e. The van der Waals surface area contributed by atoms with Crippen LogP contribution < -0.4 is 5.01 Å². The SMILES string of the molecule is Cc1ccc2c(c1)N(C(=O)OC(C)(C)C)N(C(=O)OC(C)(C)C)C(c1cccs1)=N2. The van der Waals surface area contributed by atoms with E-state index in [1.54, 1.807) is 47.6 Å². The van der Waals surface area contributed by atoms with Crippen molar-refractivity contribution in [1.29, 1.82) is 0 Å². The van der Waals surface area contributed by atoms with Gasteiger partial charge in [-0.25, -0.2) is 14.6 Å². The molecule has 0 unspecified atom stereocenters. The zero-order chi connectivity index (χ0) is 22.3. The number of ether oxygens (including phenoxy) is 2. The molecule has 3 rings (SSSR count). The Morgan fingerprint density at radius 1 is 0.933 bits per heavy atom. The van der Waals surface area contributed by atoms with Crippen LogP contribution in [0.15, 0.2) is 40.7 Å². The second kappa shape index (κ2) is 7.75. The molecule has 0 aliphatic carbocycles. The molecule has 2 amide bonds. The van der Waals surface area contributed by atoms with Gasteiger partial charge in [-0.3, -0.25) is 0 Å². The number of carbonyl (C=O) groups excluding carboxylic acids is 2. The number of aryl methyl sites for hydroxylation is 1. The first-order valence-corrected chi connectivity index (χ1v) is 10.5. The van der Waals surface area contributed by atoms with Gasteiger partial charge >= 0.3 is 12.2 Å². The summed E-state index contributed by atoms with van der Waals surface area (Å²) in [7, 11) is 0. The lowest BCUT2D eigenvalue weighted by molar-refractivity contribution is 0.0256. The van der Waals surface area contributed by atoms with E-state index in [2.05, 4.69) is 0 Å². The molecule has 1 aliphatic rings. The van der Waals surface area contributed by atoms with E-state index in [1.807, 2.05) is 36.6 Å². The summed E-state index contributed by atoms with van der Waals surface area (Å²) >= 11 is 1.41. The number of carbonyl (C=O) groups is 2. The van der Waals surface area contributed by atoms with Crippen LogP contribution in [0.25, 0.3) is 0 Å². The van der Waals surface area contributed by atoms with Gasteiger partial charge in [-0.2, -0.15) is 10.0 Å². The van der Waals surface area contributed by atoms with Crippen molar-refractivity contribution in [3.8, 4) is 0 Å². The summed E-state index contributed by atoms with van der Waals surface area (Å²) in [5.41, 5.74) is 0.425. The lowest BCUT2D eigenvalue weighted by Gasteiger charge is -2.39. The Hall–Kier alpha value is -2.87. The van der Waals surface area contributed by atoms with Crippen LogP contribution in [0.3, 0.4) is 0 Å². The predicted molar refractivity (Wildman–Crippen MR) is 118 cm³/mol. The smallest absolute Gasteiger partial charge is 0.436 e. The minimum absolute atomic E-state index is 0.307. The molecule has 0 atom stereocenters. The first-order valence-electron chi connectivity index (χ1n) is 9.65. The van der Waals surface area contributed by atoms with E-state index in [0.717, 1.165) is 15.4 Å². The fraction of sp³-hybridized carbons (Fsp3) is 0.409. The highest BCUT2D eigenvalue weighted by molar-refractivity contribution is 7.12. The number of hydrogen-bond acceptors (Lipinski definition) is 6. The number of nitrogens with zero attached hydrogens (tertiary/aromatic N) is 3. The number of anilines is 1. The third kappa shape index (κ3) is 4.81. The standard InChI is InChI=1S/C22H27N3O4S/c1-14-10-11-15-16(13-14)24(19(26)28-21(2,3)4)25(20(27)29-22(5,6)7)18(23-15)17-9-8-12-30-17/h8-13H,1-7H3. The van der Waals surface area contributed by atoms with Crippen LogP contribution in [-0.2, 0) is 9.47 Å². The molecule has 0 saturated carbocycles. The molecule has 1 aromatic carbocycles. The van der Waals surface area contributed by atoms with Gasteiger partial charge in [0.2, 0.25) is 0 Å². The summed E-state index contributed by atoms with van der Waals surface area (Å²) in [6.45, 7) is 12.5. The van der Waals surface area contributed by atoms with Crippen LogP contribution in [0.1, 0.15) is 52.0 Å². The number of amides is 2. The van der Waals surface area contributed by atoms with Gasteiger partial charge < -0.3 is 9.47 Å². The fourth-order valence-corrected chi connectivity index (χ4v) is 3.48. The molecule has 1 aromatic heterocycles. The van der Waals surface area contributed by atoms with Gasteiger partial charge in [0, 0.05) is 0 Å². The van der Waals surface area contributed by atoms with Gasteiger partial charge in [-0.1, -0.05) is 12.1 Å². The molecule has 8 heteroatoms. The zero-order valence-electron chi connectivity index (χ0n) is 18.3. The number of fused-ring (bicyclic) bond motifs is 1. The second-order valence-corrected chi connectivity index (χ2v) is 9.94.